The van der Waals surface area contributed by atoms with Crippen LogP contribution in [0.3, 0.4) is 0 Å². The molecule has 0 bridgehead atoms. The Hall–Kier alpha value is -3.41. The highest BCUT2D eigenvalue weighted by Gasteiger charge is 2.71. The molecule has 1 atom stereocenters. The van der Waals surface area contributed by atoms with Crippen LogP contribution >= 0.6 is 0 Å². The molecular formula is C25H24F6N4O5S2. The van der Waals surface area contributed by atoms with Crippen LogP contribution in [0.4, 0.5) is 37.8 Å². The van der Waals surface area contributed by atoms with E-state index in [9.17, 15) is 48.3 Å². The van der Waals surface area contributed by atoms with Gasteiger partial charge in [0.1, 0.15) is 10.7 Å². The van der Waals surface area contributed by atoms with Crippen molar-refractivity contribution in [1.82, 2.24) is 9.29 Å². The lowest BCUT2D eigenvalue weighted by Crippen LogP contribution is -2.57. The molecule has 0 amide bonds. The van der Waals surface area contributed by atoms with Gasteiger partial charge in [-0.25, -0.2) is 21.8 Å². The van der Waals surface area contributed by atoms with Crippen molar-refractivity contribution in [2.45, 2.75) is 33.8 Å². The third-order valence-corrected chi connectivity index (χ3v) is 10.5. The first-order chi connectivity index (χ1) is 19.4. The van der Waals surface area contributed by atoms with E-state index in [-0.39, 0.29) is 34.4 Å². The molecule has 0 aliphatic carbocycles. The van der Waals surface area contributed by atoms with Crippen LogP contribution in [0.15, 0.2) is 82.7 Å². The Morgan fingerprint density at radius 3 is 1.95 bits per heavy atom. The zero-order chi connectivity index (χ0) is 31.1. The fraction of sp³-hybridized carbons (Fsp3) is 0.320. The lowest BCUT2D eigenvalue weighted by atomic mass is 9.92. The van der Waals surface area contributed by atoms with Gasteiger partial charge < -0.3 is 15.7 Å². The molecule has 42 heavy (non-hydrogen) atoms. The summed E-state index contributed by atoms with van der Waals surface area (Å²) in [5, 5.41) is 9.71. The van der Waals surface area contributed by atoms with Gasteiger partial charge in [0.15, 0.2) is 9.84 Å². The number of hydrogen-bond donors (Lipinski definition) is 2. The van der Waals surface area contributed by atoms with Crippen LogP contribution in [0, 0.1) is 0 Å². The van der Waals surface area contributed by atoms with Crippen molar-refractivity contribution in [3.8, 4) is 0 Å². The number of hydrogen-bond acceptors (Lipinski definition) is 8. The summed E-state index contributed by atoms with van der Waals surface area (Å²) in [6.45, 7) is -0.764. The van der Waals surface area contributed by atoms with E-state index < -0.39 is 61.7 Å². The van der Waals surface area contributed by atoms with Gasteiger partial charge in [-0.05, 0) is 36.4 Å². The maximum absolute atomic E-state index is 13.3. The average Bonchev–Trinajstić information content (AvgIpc) is 2.92. The summed E-state index contributed by atoms with van der Waals surface area (Å²) >= 11 is 0. The summed E-state index contributed by atoms with van der Waals surface area (Å²) in [7, 11) is -8.23. The predicted octanol–water partition coefficient (Wildman–Crippen LogP) is 3.33. The highest BCUT2D eigenvalue weighted by molar-refractivity contribution is 7.91. The van der Waals surface area contributed by atoms with Crippen molar-refractivity contribution < 1.29 is 48.3 Å². The third-order valence-electron chi connectivity index (χ3n) is 6.79. The predicted molar refractivity (Wildman–Crippen MR) is 139 cm³/mol. The summed E-state index contributed by atoms with van der Waals surface area (Å²) in [6, 6.07) is 11.3. The number of aromatic nitrogens is 1. The molecule has 3 N–H and O–H groups in total. The summed E-state index contributed by atoms with van der Waals surface area (Å²) in [5.74, 6) is -0.572. The molecule has 1 aromatic heterocycles. The van der Waals surface area contributed by atoms with Gasteiger partial charge in [-0.3, -0.25) is 0 Å². The van der Waals surface area contributed by atoms with Crippen LogP contribution < -0.4 is 10.6 Å². The molecule has 1 fully saturated rings. The van der Waals surface area contributed by atoms with Crippen molar-refractivity contribution in [3.63, 3.8) is 0 Å². The average molecular weight is 639 g/mol. The fourth-order valence-electron chi connectivity index (χ4n) is 4.58. The van der Waals surface area contributed by atoms with Gasteiger partial charge in [-0.1, -0.05) is 30.3 Å². The Kier molecular flexibility index (Phi) is 8.27. The molecule has 3 aromatic rings. The zero-order valence-electron chi connectivity index (χ0n) is 21.4. The molecule has 4 rings (SSSR count). The highest BCUT2D eigenvalue weighted by atomic mass is 32.2. The minimum atomic E-state index is -6.09. The maximum Gasteiger partial charge on any atom is 0.430 e. The molecule has 1 unspecified atom stereocenters. The number of rotatable bonds is 7. The smallest absolute Gasteiger partial charge is 0.384 e. The summed E-state index contributed by atoms with van der Waals surface area (Å²) in [5.41, 5.74) is -1.09. The lowest BCUT2D eigenvalue weighted by molar-refractivity contribution is -0.376. The van der Waals surface area contributed by atoms with Crippen molar-refractivity contribution >= 4 is 31.4 Å². The molecule has 1 aliphatic rings. The van der Waals surface area contributed by atoms with E-state index in [0.29, 0.717) is 12.1 Å². The third kappa shape index (κ3) is 5.91. The van der Waals surface area contributed by atoms with E-state index in [1.54, 1.807) is 6.07 Å². The van der Waals surface area contributed by atoms with Crippen molar-refractivity contribution in [1.29, 1.82) is 0 Å². The Morgan fingerprint density at radius 2 is 1.43 bits per heavy atom. The van der Waals surface area contributed by atoms with Crippen LogP contribution in [0.2, 0.25) is 0 Å². The normalized spacial score (nSPS) is 17.8. The van der Waals surface area contributed by atoms with E-state index in [0.717, 1.165) is 22.6 Å². The van der Waals surface area contributed by atoms with E-state index in [4.69, 9.17) is 5.73 Å². The maximum atomic E-state index is 13.3. The number of anilines is 2. The van der Waals surface area contributed by atoms with Crippen LogP contribution in [0.1, 0.15) is 5.56 Å². The SMILES string of the molecule is Nc1ccc(S(=O)(=O)N2CCN(c3ccc(C(O)(C(F)(F)F)C(F)(F)F)cc3)C(CS(=O)(=O)c3ccccc3)C2)cn1. The number of piperazine rings is 1. The van der Waals surface area contributed by atoms with Crippen molar-refractivity contribution in [3.05, 3.63) is 78.5 Å². The molecule has 17 heteroatoms. The second-order valence-electron chi connectivity index (χ2n) is 9.48. The van der Waals surface area contributed by atoms with Gasteiger partial charge >= 0.3 is 12.4 Å². The Balaban J connectivity index is 1.71. The zero-order valence-corrected chi connectivity index (χ0v) is 23.1. The fourth-order valence-corrected chi connectivity index (χ4v) is 7.55. The van der Waals surface area contributed by atoms with Gasteiger partial charge in [-0.2, -0.15) is 30.6 Å². The number of aliphatic hydroxyl groups is 1. The van der Waals surface area contributed by atoms with Gasteiger partial charge in [0.05, 0.1) is 16.7 Å². The quantitative estimate of drug-likeness (QED) is 0.377. The van der Waals surface area contributed by atoms with E-state index in [1.807, 2.05) is 0 Å². The second kappa shape index (κ2) is 11.0. The second-order valence-corrected chi connectivity index (χ2v) is 13.4. The van der Waals surface area contributed by atoms with Crippen LogP contribution in [0.25, 0.3) is 0 Å². The summed E-state index contributed by atoms with van der Waals surface area (Å²) in [6.07, 6.45) is -11.1. The Labute approximate surface area is 237 Å². The number of nitrogen functional groups attached to an aromatic ring is 1. The van der Waals surface area contributed by atoms with E-state index in [1.165, 1.54) is 41.3 Å². The minimum Gasteiger partial charge on any atom is -0.384 e. The first kappa shape index (κ1) is 31.5. The number of halogens is 6. The first-order valence-electron chi connectivity index (χ1n) is 12.1. The number of nitrogens with zero attached hydrogens (tertiary/aromatic N) is 3. The molecule has 9 nitrogen and oxygen atoms in total. The number of nitrogens with two attached hydrogens (primary N) is 1. The van der Waals surface area contributed by atoms with Gasteiger partial charge in [-0.15, -0.1) is 0 Å². The lowest BCUT2D eigenvalue weighted by Gasteiger charge is -2.42. The van der Waals surface area contributed by atoms with Crippen LogP contribution in [0.5, 0.6) is 0 Å². The van der Waals surface area contributed by atoms with Crippen molar-refractivity contribution in [2.75, 3.05) is 36.0 Å². The topological polar surface area (TPSA) is 134 Å². The number of alkyl halides is 6. The summed E-state index contributed by atoms with van der Waals surface area (Å²) < 4.78 is 134. The number of benzene rings is 2. The molecule has 2 heterocycles. The van der Waals surface area contributed by atoms with Crippen LogP contribution in [-0.2, 0) is 25.5 Å². The van der Waals surface area contributed by atoms with Crippen molar-refractivity contribution in [2.24, 2.45) is 0 Å². The largest absolute Gasteiger partial charge is 0.430 e. The molecule has 0 radical (unpaired) electrons. The Morgan fingerprint density at radius 1 is 0.833 bits per heavy atom. The minimum absolute atomic E-state index is 0.0184. The summed E-state index contributed by atoms with van der Waals surface area (Å²) in [4.78, 5) is 4.88. The molecular weight excluding hydrogens is 614 g/mol. The molecule has 1 saturated heterocycles. The van der Waals surface area contributed by atoms with Gasteiger partial charge in [0, 0.05) is 37.1 Å². The number of pyridine rings is 1. The van der Waals surface area contributed by atoms with Crippen LogP contribution in [-0.4, -0.2) is 75.0 Å². The molecule has 2 aromatic carbocycles. The van der Waals surface area contributed by atoms with Gasteiger partial charge in [0.2, 0.25) is 10.0 Å². The number of sulfone groups is 1. The van der Waals surface area contributed by atoms with Gasteiger partial charge in [0.25, 0.3) is 5.60 Å². The molecule has 0 spiro atoms. The standard InChI is InChI=1S/C25H24F6N4O5S2/c26-24(27,28)23(36,25(29,30)31)17-6-8-18(9-7-17)35-13-12-34(42(39,40)21-10-11-22(32)33-14-21)15-19(35)16-41(37,38)20-4-2-1-3-5-20/h1-11,14,19,36H,12-13,15-16H2,(H2,32,33). The van der Waals surface area contributed by atoms with E-state index in [2.05, 4.69) is 4.98 Å². The molecule has 228 valence electrons. The first-order valence-corrected chi connectivity index (χ1v) is 15.2. The highest BCUT2D eigenvalue weighted by Crippen LogP contribution is 2.50. The van der Waals surface area contributed by atoms with E-state index >= 15 is 0 Å². The number of sulfonamides is 1. The molecule has 1 aliphatic heterocycles. The molecule has 0 saturated carbocycles. The Bertz CT molecular complexity index is 1600. The monoisotopic (exact) mass is 638 g/mol.